The molecule has 5 heteroatoms. The van der Waals surface area contributed by atoms with Crippen LogP contribution in [-0.2, 0) is 4.74 Å². The van der Waals surface area contributed by atoms with E-state index in [-0.39, 0.29) is 5.78 Å². The molecule has 0 aliphatic carbocycles. The van der Waals surface area contributed by atoms with Crippen molar-refractivity contribution in [3.8, 4) is 5.75 Å². The van der Waals surface area contributed by atoms with Gasteiger partial charge in [-0.1, -0.05) is 6.58 Å². The van der Waals surface area contributed by atoms with Crippen molar-refractivity contribution in [1.29, 1.82) is 0 Å². The lowest BCUT2D eigenvalue weighted by Crippen LogP contribution is -2.21. The lowest BCUT2D eigenvalue weighted by Gasteiger charge is -2.21. The zero-order chi connectivity index (χ0) is 18.2. The predicted molar refractivity (Wildman–Crippen MR) is 97.2 cm³/mol. The third-order valence-electron chi connectivity index (χ3n) is 3.76. The van der Waals surface area contributed by atoms with Crippen LogP contribution in [-0.4, -0.2) is 25.0 Å². The van der Waals surface area contributed by atoms with Crippen LogP contribution in [0.3, 0.4) is 0 Å². The number of ketones is 1. The van der Waals surface area contributed by atoms with E-state index >= 15 is 0 Å². The Hall–Kier alpha value is -3.08. The fourth-order valence-electron chi connectivity index (χ4n) is 2.44. The summed E-state index contributed by atoms with van der Waals surface area (Å²) in [6, 6.07) is 13.8. The predicted octanol–water partition coefficient (Wildman–Crippen LogP) is 4.42. The lowest BCUT2D eigenvalue weighted by molar-refractivity contribution is 0.103. The van der Waals surface area contributed by atoms with Crippen molar-refractivity contribution in [1.82, 2.24) is 0 Å². The van der Waals surface area contributed by atoms with Gasteiger partial charge in [0.15, 0.2) is 5.78 Å². The Morgan fingerprint density at radius 3 is 1.96 bits per heavy atom. The van der Waals surface area contributed by atoms with Gasteiger partial charge >= 0.3 is 6.16 Å². The third-order valence-corrected chi connectivity index (χ3v) is 3.76. The Balaban J connectivity index is 2.09. The maximum atomic E-state index is 12.5. The lowest BCUT2D eigenvalue weighted by atomic mass is 10.0. The standard InChI is InChI=1S/C20H21NO4/c1-4-21(5-2)17-11-7-15(8-12-17)19(22)16-9-13-18(14-10-16)25-20(23)24-6-3/h6-14H,3-5H2,1-2H3. The Bertz CT molecular complexity index is 731. The van der Waals surface area contributed by atoms with Gasteiger partial charge in [-0.25, -0.2) is 4.79 Å². The number of rotatable bonds is 7. The molecule has 5 nitrogen and oxygen atoms in total. The molecular formula is C20H21NO4. The van der Waals surface area contributed by atoms with Crippen LogP contribution in [0.15, 0.2) is 61.4 Å². The summed E-state index contributed by atoms with van der Waals surface area (Å²) in [5, 5.41) is 0. The number of hydrogen-bond acceptors (Lipinski definition) is 5. The van der Waals surface area contributed by atoms with Crippen LogP contribution < -0.4 is 9.64 Å². The molecule has 0 spiro atoms. The van der Waals surface area contributed by atoms with Gasteiger partial charge < -0.3 is 14.4 Å². The van der Waals surface area contributed by atoms with Crippen LogP contribution >= 0.6 is 0 Å². The molecule has 2 aromatic rings. The zero-order valence-corrected chi connectivity index (χ0v) is 14.4. The largest absolute Gasteiger partial charge is 0.518 e. The second-order valence-corrected chi connectivity index (χ2v) is 5.21. The van der Waals surface area contributed by atoms with E-state index in [0.717, 1.165) is 25.0 Å². The molecule has 0 radical (unpaired) electrons. The molecule has 0 fully saturated rings. The molecule has 2 rings (SSSR count). The first-order chi connectivity index (χ1) is 12.1. The van der Waals surface area contributed by atoms with Crippen molar-refractivity contribution in [2.75, 3.05) is 18.0 Å². The molecule has 130 valence electrons. The van der Waals surface area contributed by atoms with E-state index in [1.165, 1.54) is 0 Å². The van der Waals surface area contributed by atoms with Crippen molar-refractivity contribution in [3.05, 3.63) is 72.5 Å². The van der Waals surface area contributed by atoms with E-state index in [2.05, 4.69) is 30.1 Å². The van der Waals surface area contributed by atoms with Crippen molar-refractivity contribution >= 4 is 17.6 Å². The van der Waals surface area contributed by atoms with Crippen LogP contribution in [0.1, 0.15) is 29.8 Å². The Morgan fingerprint density at radius 1 is 0.960 bits per heavy atom. The van der Waals surface area contributed by atoms with Crippen LogP contribution in [0.25, 0.3) is 0 Å². The number of carbonyl (C=O) groups is 2. The van der Waals surface area contributed by atoms with E-state index in [1.807, 2.05) is 24.3 Å². The number of ether oxygens (including phenoxy) is 2. The summed E-state index contributed by atoms with van der Waals surface area (Å²) in [5.41, 5.74) is 2.21. The van der Waals surface area contributed by atoms with E-state index in [0.29, 0.717) is 16.9 Å². The van der Waals surface area contributed by atoms with Gasteiger partial charge in [0.1, 0.15) is 5.75 Å². The van der Waals surface area contributed by atoms with Crippen molar-refractivity contribution in [2.24, 2.45) is 0 Å². The van der Waals surface area contributed by atoms with Crippen LogP contribution in [0, 0.1) is 0 Å². The monoisotopic (exact) mass is 339 g/mol. The molecule has 25 heavy (non-hydrogen) atoms. The second-order valence-electron chi connectivity index (χ2n) is 5.21. The second kappa shape index (κ2) is 8.68. The smallest absolute Gasteiger partial charge is 0.403 e. The van der Waals surface area contributed by atoms with E-state index in [4.69, 9.17) is 4.74 Å². The van der Waals surface area contributed by atoms with Gasteiger partial charge in [-0.05, 0) is 62.4 Å². The van der Waals surface area contributed by atoms with Crippen molar-refractivity contribution < 1.29 is 19.1 Å². The number of benzene rings is 2. The van der Waals surface area contributed by atoms with Gasteiger partial charge in [0.2, 0.25) is 0 Å². The molecule has 0 N–H and O–H groups in total. The maximum Gasteiger partial charge on any atom is 0.518 e. The summed E-state index contributed by atoms with van der Waals surface area (Å²) in [4.78, 5) is 26.0. The van der Waals surface area contributed by atoms with Crippen LogP contribution in [0.5, 0.6) is 5.75 Å². The highest BCUT2D eigenvalue weighted by atomic mass is 16.7. The normalized spacial score (nSPS) is 10.0. The maximum absolute atomic E-state index is 12.5. The van der Waals surface area contributed by atoms with Gasteiger partial charge in [-0.2, -0.15) is 0 Å². The average molecular weight is 339 g/mol. The topological polar surface area (TPSA) is 55.8 Å². The summed E-state index contributed by atoms with van der Waals surface area (Å²) < 4.78 is 9.39. The fraction of sp³-hybridized carbons (Fsp3) is 0.200. The van der Waals surface area contributed by atoms with Gasteiger partial charge in [0.05, 0.1) is 6.26 Å². The van der Waals surface area contributed by atoms with Gasteiger partial charge in [-0.15, -0.1) is 0 Å². The first-order valence-electron chi connectivity index (χ1n) is 8.08. The first-order valence-corrected chi connectivity index (χ1v) is 8.08. The third kappa shape index (κ3) is 4.70. The summed E-state index contributed by atoms with van der Waals surface area (Å²) in [5.74, 6) is 0.201. The van der Waals surface area contributed by atoms with Gasteiger partial charge in [0, 0.05) is 29.9 Å². The Labute approximate surface area is 147 Å². The molecule has 0 atom stereocenters. The average Bonchev–Trinajstić information content (AvgIpc) is 2.63. The highest BCUT2D eigenvalue weighted by Gasteiger charge is 2.11. The number of carbonyl (C=O) groups excluding carboxylic acids is 2. The minimum atomic E-state index is -0.874. The molecule has 0 bridgehead atoms. The highest BCUT2D eigenvalue weighted by molar-refractivity contribution is 6.09. The fourth-order valence-corrected chi connectivity index (χ4v) is 2.44. The van der Waals surface area contributed by atoms with E-state index in [1.54, 1.807) is 24.3 Å². The highest BCUT2D eigenvalue weighted by Crippen LogP contribution is 2.19. The zero-order valence-electron chi connectivity index (χ0n) is 14.4. The minimum absolute atomic E-state index is 0.0914. The van der Waals surface area contributed by atoms with Crippen molar-refractivity contribution in [2.45, 2.75) is 13.8 Å². The van der Waals surface area contributed by atoms with Gasteiger partial charge in [0.25, 0.3) is 0 Å². The molecule has 0 aliphatic heterocycles. The summed E-state index contributed by atoms with van der Waals surface area (Å²) >= 11 is 0. The number of hydrogen-bond donors (Lipinski definition) is 0. The Kier molecular flexibility index (Phi) is 6.34. The molecule has 0 heterocycles. The van der Waals surface area contributed by atoms with E-state index < -0.39 is 6.16 Å². The molecule has 0 aliphatic rings. The number of anilines is 1. The molecule has 0 amide bonds. The van der Waals surface area contributed by atoms with Crippen LogP contribution in [0.2, 0.25) is 0 Å². The quantitative estimate of drug-likeness (QED) is 0.323. The van der Waals surface area contributed by atoms with E-state index in [9.17, 15) is 9.59 Å². The molecule has 2 aromatic carbocycles. The van der Waals surface area contributed by atoms with Crippen LogP contribution in [0.4, 0.5) is 10.5 Å². The Morgan fingerprint density at radius 2 is 1.48 bits per heavy atom. The van der Waals surface area contributed by atoms with Gasteiger partial charge in [-0.3, -0.25) is 4.79 Å². The summed E-state index contributed by atoms with van der Waals surface area (Å²) in [7, 11) is 0. The molecule has 0 aromatic heterocycles. The summed E-state index contributed by atoms with van der Waals surface area (Å²) in [6.07, 6.45) is 0.114. The molecule has 0 unspecified atom stereocenters. The molecule has 0 saturated carbocycles. The molecular weight excluding hydrogens is 318 g/mol. The minimum Gasteiger partial charge on any atom is -0.403 e. The molecule has 0 saturated heterocycles. The SMILES string of the molecule is C=COC(=O)Oc1ccc(C(=O)c2ccc(N(CC)CC)cc2)cc1. The number of nitrogens with zero attached hydrogens (tertiary/aromatic N) is 1. The van der Waals surface area contributed by atoms with Crippen molar-refractivity contribution in [3.63, 3.8) is 0 Å². The first kappa shape index (κ1) is 18.3. The summed E-state index contributed by atoms with van der Waals surface area (Å²) in [6.45, 7) is 9.29.